The second kappa shape index (κ2) is 6.57. The van der Waals surface area contributed by atoms with Gasteiger partial charge in [-0.25, -0.2) is 0 Å². The Balaban J connectivity index is 2.24. The van der Waals surface area contributed by atoms with E-state index in [2.05, 4.69) is 41.9 Å². The van der Waals surface area contributed by atoms with Gasteiger partial charge in [0.15, 0.2) is 0 Å². The van der Waals surface area contributed by atoms with Crippen LogP contribution in [0.15, 0.2) is 28.9 Å². The molecule has 0 aliphatic carbocycles. The number of furan rings is 1. The summed E-state index contributed by atoms with van der Waals surface area (Å²) < 4.78 is 7.56. The molecule has 1 unspecified atom stereocenters. The summed E-state index contributed by atoms with van der Waals surface area (Å²) in [5.41, 5.74) is 2.40. The van der Waals surface area contributed by atoms with Crippen molar-refractivity contribution < 1.29 is 4.42 Å². The lowest BCUT2D eigenvalue weighted by Gasteiger charge is -2.17. The molecule has 0 saturated carbocycles. The van der Waals surface area contributed by atoms with E-state index in [0.29, 0.717) is 0 Å². The molecule has 0 spiro atoms. The molecule has 19 heavy (non-hydrogen) atoms. The largest absolute Gasteiger partial charge is 0.469 e. The summed E-state index contributed by atoms with van der Waals surface area (Å²) in [7, 11) is 0. The van der Waals surface area contributed by atoms with Gasteiger partial charge in [0.05, 0.1) is 23.7 Å². The fourth-order valence-corrected chi connectivity index (χ4v) is 2.35. The number of nitrogens with one attached hydrogen (secondary N) is 1. The zero-order valence-corrected chi connectivity index (χ0v) is 12.0. The number of nitrogens with zero attached hydrogens (tertiary/aromatic N) is 2. The summed E-state index contributed by atoms with van der Waals surface area (Å²) in [6, 6.07) is 6.42. The van der Waals surface area contributed by atoms with Crippen molar-refractivity contribution in [3.63, 3.8) is 0 Å². The van der Waals surface area contributed by atoms with Crippen molar-refractivity contribution in [3.8, 4) is 0 Å². The van der Waals surface area contributed by atoms with Crippen molar-refractivity contribution in [2.75, 3.05) is 6.54 Å². The lowest BCUT2D eigenvalue weighted by atomic mass is 10.1. The highest BCUT2D eigenvalue weighted by atomic mass is 16.3. The molecule has 2 aromatic heterocycles. The summed E-state index contributed by atoms with van der Waals surface area (Å²) in [6.07, 6.45) is 3.56. The van der Waals surface area contributed by atoms with Crippen molar-refractivity contribution in [1.82, 2.24) is 15.1 Å². The molecule has 0 aliphatic heterocycles. The lowest BCUT2D eigenvalue weighted by Crippen LogP contribution is -2.25. The van der Waals surface area contributed by atoms with Gasteiger partial charge >= 0.3 is 0 Å². The van der Waals surface area contributed by atoms with Gasteiger partial charge in [-0.15, -0.1) is 0 Å². The molecule has 0 saturated heterocycles. The maximum atomic E-state index is 5.47. The first-order chi connectivity index (χ1) is 9.28. The van der Waals surface area contributed by atoms with E-state index in [0.717, 1.165) is 37.4 Å². The Morgan fingerprint density at radius 3 is 2.79 bits per heavy atom. The van der Waals surface area contributed by atoms with Crippen LogP contribution in [0, 0.1) is 0 Å². The Morgan fingerprint density at radius 2 is 2.21 bits per heavy atom. The average Bonchev–Trinajstić information content (AvgIpc) is 3.06. The normalized spacial score (nSPS) is 12.8. The maximum Gasteiger partial charge on any atom is 0.105 e. The van der Waals surface area contributed by atoms with Crippen LogP contribution >= 0.6 is 0 Å². The maximum absolute atomic E-state index is 5.47. The molecule has 2 rings (SSSR count). The van der Waals surface area contributed by atoms with E-state index in [4.69, 9.17) is 4.42 Å². The highest BCUT2D eigenvalue weighted by Gasteiger charge is 2.18. The van der Waals surface area contributed by atoms with Crippen LogP contribution in [0.25, 0.3) is 0 Å². The van der Waals surface area contributed by atoms with E-state index < -0.39 is 0 Å². The van der Waals surface area contributed by atoms with Gasteiger partial charge in [-0.2, -0.15) is 5.10 Å². The van der Waals surface area contributed by atoms with E-state index >= 15 is 0 Å². The fourth-order valence-electron chi connectivity index (χ4n) is 2.35. The molecule has 0 radical (unpaired) electrons. The molecule has 1 N–H and O–H groups in total. The second-order valence-electron chi connectivity index (χ2n) is 4.62. The van der Waals surface area contributed by atoms with Crippen molar-refractivity contribution in [2.24, 2.45) is 0 Å². The van der Waals surface area contributed by atoms with Gasteiger partial charge in [0.2, 0.25) is 0 Å². The van der Waals surface area contributed by atoms with Gasteiger partial charge < -0.3 is 9.73 Å². The van der Waals surface area contributed by atoms with E-state index in [9.17, 15) is 0 Å². The van der Waals surface area contributed by atoms with Crippen LogP contribution in [-0.4, -0.2) is 16.3 Å². The predicted octanol–water partition coefficient (Wildman–Crippen LogP) is 2.95. The third-order valence-electron chi connectivity index (χ3n) is 3.32. The van der Waals surface area contributed by atoms with Crippen LogP contribution in [0.4, 0.5) is 0 Å². The monoisotopic (exact) mass is 261 g/mol. The Labute approximate surface area is 114 Å². The van der Waals surface area contributed by atoms with Crippen molar-refractivity contribution in [2.45, 2.75) is 46.2 Å². The molecule has 2 aromatic rings. The van der Waals surface area contributed by atoms with Gasteiger partial charge in [0, 0.05) is 13.0 Å². The third-order valence-corrected chi connectivity index (χ3v) is 3.32. The van der Waals surface area contributed by atoms with Crippen LogP contribution < -0.4 is 5.32 Å². The van der Waals surface area contributed by atoms with Gasteiger partial charge in [-0.05, 0) is 38.1 Å². The van der Waals surface area contributed by atoms with Crippen LogP contribution in [-0.2, 0) is 19.4 Å². The molecular formula is C15H23N3O. The Kier molecular flexibility index (Phi) is 4.80. The average molecular weight is 261 g/mol. The number of hydrogen-bond acceptors (Lipinski definition) is 3. The van der Waals surface area contributed by atoms with Gasteiger partial charge in [0.1, 0.15) is 5.76 Å². The summed E-state index contributed by atoms with van der Waals surface area (Å²) in [6.45, 7) is 8.23. The molecule has 0 aliphatic rings. The first kappa shape index (κ1) is 13.9. The van der Waals surface area contributed by atoms with Gasteiger partial charge in [-0.3, -0.25) is 4.68 Å². The molecule has 0 bridgehead atoms. The van der Waals surface area contributed by atoms with Gasteiger partial charge in [0.25, 0.3) is 0 Å². The number of aromatic nitrogens is 2. The quantitative estimate of drug-likeness (QED) is 0.833. The second-order valence-corrected chi connectivity index (χ2v) is 4.62. The van der Waals surface area contributed by atoms with Crippen molar-refractivity contribution in [3.05, 3.63) is 41.6 Å². The van der Waals surface area contributed by atoms with E-state index in [1.54, 1.807) is 6.26 Å². The number of hydrogen-bond donors (Lipinski definition) is 1. The van der Waals surface area contributed by atoms with E-state index in [1.165, 1.54) is 5.69 Å². The van der Waals surface area contributed by atoms with E-state index in [1.807, 2.05) is 12.1 Å². The molecule has 0 fully saturated rings. The minimum absolute atomic E-state index is 0.254. The van der Waals surface area contributed by atoms with Crippen LogP contribution in [0.2, 0.25) is 0 Å². The molecule has 0 aromatic carbocycles. The predicted molar refractivity (Wildman–Crippen MR) is 76.1 cm³/mol. The van der Waals surface area contributed by atoms with Crippen molar-refractivity contribution in [1.29, 1.82) is 0 Å². The smallest absolute Gasteiger partial charge is 0.105 e. The molecule has 104 valence electrons. The summed E-state index contributed by atoms with van der Waals surface area (Å²) >= 11 is 0. The third kappa shape index (κ3) is 3.26. The Hall–Kier alpha value is -1.55. The van der Waals surface area contributed by atoms with Gasteiger partial charge in [-0.1, -0.05) is 13.8 Å². The number of rotatable bonds is 7. The number of aryl methyl sites for hydroxylation is 2. The summed E-state index contributed by atoms with van der Waals surface area (Å²) in [5.74, 6) is 1.01. The highest BCUT2D eigenvalue weighted by Crippen LogP contribution is 2.20. The fraction of sp³-hybridized carbons (Fsp3) is 0.533. The Bertz CT molecular complexity index is 487. The molecule has 0 amide bonds. The molecule has 1 atom stereocenters. The first-order valence-corrected chi connectivity index (χ1v) is 7.10. The molecule has 4 heteroatoms. The first-order valence-electron chi connectivity index (χ1n) is 7.10. The molecule has 4 nitrogen and oxygen atoms in total. The van der Waals surface area contributed by atoms with Crippen LogP contribution in [0.1, 0.15) is 44.0 Å². The minimum atomic E-state index is 0.254. The molecular weight excluding hydrogens is 238 g/mol. The van der Waals surface area contributed by atoms with Crippen LogP contribution in [0.5, 0.6) is 0 Å². The number of likely N-dealkylation sites (N-methyl/N-ethyl adjacent to an activating group) is 1. The lowest BCUT2D eigenvalue weighted by molar-refractivity contribution is 0.433. The summed E-state index contributed by atoms with van der Waals surface area (Å²) in [5, 5.41) is 8.15. The van der Waals surface area contributed by atoms with Crippen LogP contribution in [0.3, 0.4) is 0 Å². The standard InChI is InChI=1S/C15H23N3O/c1-4-12-10-15(18(6-3)17-12)14(16-5-2)11-13-8-7-9-19-13/h7-10,14,16H,4-6,11H2,1-3H3. The topological polar surface area (TPSA) is 43.0 Å². The highest BCUT2D eigenvalue weighted by molar-refractivity contribution is 5.17. The Morgan fingerprint density at radius 1 is 1.37 bits per heavy atom. The molecule has 2 heterocycles. The summed E-state index contributed by atoms with van der Waals surface area (Å²) in [4.78, 5) is 0. The minimum Gasteiger partial charge on any atom is -0.469 e. The zero-order chi connectivity index (χ0) is 13.7. The van der Waals surface area contributed by atoms with Crippen molar-refractivity contribution >= 4 is 0 Å². The SMILES string of the molecule is CCNC(Cc1ccco1)c1cc(CC)nn1CC. The van der Waals surface area contributed by atoms with E-state index in [-0.39, 0.29) is 6.04 Å². The zero-order valence-electron chi connectivity index (χ0n) is 12.0.